The summed E-state index contributed by atoms with van der Waals surface area (Å²) in [4.78, 5) is 4.10. The third kappa shape index (κ3) is 1.94. The molecule has 2 aromatic rings. The van der Waals surface area contributed by atoms with Gasteiger partial charge in [0.25, 0.3) is 0 Å². The van der Waals surface area contributed by atoms with Crippen LogP contribution in [0.3, 0.4) is 0 Å². The first kappa shape index (κ1) is 11.1. The molecule has 0 saturated heterocycles. The molecule has 0 aliphatic rings. The van der Waals surface area contributed by atoms with E-state index in [4.69, 9.17) is 11.6 Å². The van der Waals surface area contributed by atoms with E-state index in [9.17, 15) is 5.11 Å². The highest BCUT2D eigenvalue weighted by atomic mass is 35.5. The molecule has 1 unspecified atom stereocenters. The first-order valence-electron chi connectivity index (χ1n) is 5.04. The normalized spacial score (nSPS) is 12.7. The molecule has 0 aromatic carbocycles. The van der Waals surface area contributed by atoms with Crippen molar-refractivity contribution in [3.05, 3.63) is 47.0 Å². The molecule has 5 heteroatoms. The number of hydrogen-bond acceptors (Lipinski definition) is 3. The van der Waals surface area contributed by atoms with Crippen molar-refractivity contribution in [2.24, 2.45) is 0 Å². The molecule has 0 saturated carbocycles. The molecule has 0 amide bonds. The van der Waals surface area contributed by atoms with Gasteiger partial charge in [0.1, 0.15) is 6.10 Å². The van der Waals surface area contributed by atoms with Crippen molar-refractivity contribution < 1.29 is 5.11 Å². The first-order valence-corrected chi connectivity index (χ1v) is 5.42. The van der Waals surface area contributed by atoms with E-state index in [1.807, 2.05) is 13.0 Å². The second-order valence-corrected chi connectivity index (χ2v) is 3.76. The second kappa shape index (κ2) is 4.63. The lowest BCUT2D eigenvalue weighted by atomic mass is 10.1. The maximum atomic E-state index is 10.2. The summed E-state index contributed by atoms with van der Waals surface area (Å²) in [6.07, 6.45) is 2.34. The van der Waals surface area contributed by atoms with E-state index >= 15 is 0 Å². The fourth-order valence-electron chi connectivity index (χ4n) is 1.57. The Hall–Kier alpha value is -1.39. The molecule has 2 heterocycles. The zero-order valence-electron chi connectivity index (χ0n) is 8.84. The molecular weight excluding hydrogens is 226 g/mol. The highest BCUT2D eigenvalue weighted by molar-refractivity contribution is 6.31. The molecule has 0 aliphatic heterocycles. The zero-order chi connectivity index (χ0) is 11.5. The Morgan fingerprint density at radius 3 is 2.94 bits per heavy atom. The number of hydrogen-bond donors (Lipinski definition) is 1. The van der Waals surface area contributed by atoms with Gasteiger partial charge in [-0.25, -0.2) is 0 Å². The summed E-state index contributed by atoms with van der Waals surface area (Å²) in [5, 5.41) is 14.7. The van der Waals surface area contributed by atoms with Gasteiger partial charge in [-0.1, -0.05) is 17.7 Å². The Labute approximate surface area is 98.5 Å². The fourth-order valence-corrected chi connectivity index (χ4v) is 1.82. The van der Waals surface area contributed by atoms with Crippen molar-refractivity contribution in [3.8, 4) is 0 Å². The van der Waals surface area contributed by atoms with Gasteiger partial charge in [0.15, 0.2) is 0 Å². The highest BCUT2D eigenvalue weighted by Crippen LogP contribution is 2.26. The summed E-state index contributed by atoms with van der Waals surface area (Å²) in [5.41, 5.74) is 1.16. The third-order valence-corrected chi connectivity index (χ3v) is 2.65. The smallest absolute Gasteiger partial charge is 0.139 e. The van der Waals surface area contributed by atoms with Crippen molar-refractivity contribution in [1.29, 1.82) is 0 Å². The minimum Gasteiger partial charge on any atom is -0.380 e. The predicted molar refractivity (Wildman–Crippen MR) is 61.2 cm³/mol. The van der Waals surface area contributed by atoms with Crippen LogP contribution >= 0.6 is 11.6 Å². The molecule has 1 atom stereocenters. The van der Waals surface area contributed by atoms with Crippen molar-refractivity contribution in [1.82, 2.24) is 14.8 Å². The molecule has 0 aliphatic carbocycles. The van der Waals surface area contributed by atoms with E-state index in [0.29, 0.717) is 23.0 Å². The van der Waals surface area contributed by atoms with Crippen molar-refractivity contribution in [2.75, 3.05) is 0 Å². The summed E-state index contributed by atoms with van der Waals surface area (Å²) in [5.74, 6) is 0. The number of aromatic nitrogens is 3. The number of aliphatic hydroxyl groups is 1. The van der Waals surface area contributed by atoms with E-state index < -0.39 is 6.10 Å². The Kier molecular flexibility index (Phi) is 3.22. The number of nitrogens with zero attached hydrogens (tertiary/aromatic N) is 3. The van der Waals surface area contributed by atoms with Crippen LogP contribution in [0.4, 0.5) is 0 Å². The lowest BCUT2D eigenvalue weighted by Crippen LogP contribution is -2.10. The maximum Gasteiger partial charge on any atom is 0.139 e. The SMILES string of the molecule is CCn1ncc(Cl)c1C(O)c1ccccn1. The van der Waals surface area contributed by atoms with E-state index in [2.05, 4.69) is 10.1 Å². The molecule has 0 radical (unpaired) electrons. The molecule has 0 fully saturated rings. The fraction of sp³-hybridized carbons (Fsp3) is 0.273. The van der Waals surface area contributed by atoms with Crippen LogP contribution in [0, 0.1) is 0 Å². The average Bonchev–Trinajstić information content (AvgIpc) is 2.70. The van der Waals surface area contributed by atoms with E-state index in [1.165, 1.54) is 6.20 Å². The van der Waals surface area contributed by atoms with Gasteiger partial charge in [-0.05, 0) is 19.1 Å². The molecule has 4 nitrogen and oxygen atoms in total. The summed E-state index contributed by atoms with van der Waals surface area (Å²) in [6.45, 7) is 2.60. The van der Waals surface area contributed by atoms with E-state index in [1.54, 1.807) is 23.0 Å². The quantitative estimate of drug-likeness (QED) is 0.889. The first-order chi connectivity index (χ1) is 7.74. The summed E-state index contributed by atoms with van der Waals surface area (Å²) in [7, 11) is 0. The number of rotatable bonds is 3. The highest BCUT2D eigenvalue weighted by Gasteiger charge is 2.19. The van der Waals surface area contributed by atoms with Gasteiger partial charge < -0.3 is 5.11 Å². The molecule has 2 aromatic heterocycles. The zero-order valence-corrected chi connectivity index (χ0v) is 9.59. The predicted octanol–water partition coefficient (Wildman–Crippen LogP) is 2.03. The van der Waals surface area contributed by atoms with Crippen molar-refractivity contribution in [2.45, 2.75) is 19.6 Å². The Bertz CT molecular complexity index is 469. The van der Waals surface area contributed by atoms with Crippen molar-refractivity contribution in [3.63, 3.8) is 0 Å². The van der Waals surface area contributed by atoms with Gasteiger partial charge in [0.05, 0.1) is 22.6 Å². The molecule has 16 heavy (non-hydrogen) atoms. The van der Waals surface area contributed by atoms with E-state index in [-0.39, 0.29) is 0 Å². The second-order valence-electron chi connectivity index (χ2n) is 3.35. The van der Waals surface area contributed by atoms with Crippen LogP contribution in [-0.4, -0.2) is 19.9 Å². The third-order valence-electron chi connectivity index (χ3n) is 2.36. The number of aryl methyl sites for hydroxylation is 1. The number of halogens is 1. The van der Waals surface area contributed by atoms with Crippen LogP contribution in [-0.2, 0) is 6.54 Å². The Morgan fingerprint density at radius 1 is 1.50 bits per heavy atom. The van der Waals surface area contributed by atoms with Gasteiger partial charge in [0, 0.05) is 12.7 Å². The molecule has 1 N–H and O–H groups in total. The summed E-state index contributed by atoms with van der Waals surface area (Å²) in [6, 6.07) is 5.38. The van der Waals surface area contributed by atoms with Crippen LogP contribution in [0.5, 0.6) is 0 Å². The monoisotopic (exact) mass is 237 g/mol. The molecule has 2 rings (SSSR count). The molecule has 0 bridgehead atoms. The number of pyridine rings is 1. The molecule has 84 valence electrons. The van der Waals surface area contributed by atoms with Gasteiger partial charge in [-0.3, -0.25) is 9.67 Å². The van der Waals surface area contributed by atoms with E-state index in [0.717, 1.165) is 0 Å². The Balaban J connectivity index is 2.41. The number of aliphatic hydroxyl groups excluding tert-OH is 1. The van der Waals surface area contributed by atoms with Crippen LogP contribution < -0.4 is 0 Å². The standard InChI is InChI=1S/C11H12ClN3O/c1-2-15-10(8(12)7-14-15)11(16)9-5-3-4-6-13-9/h3-7,11,16H,2H2,1H3. The average molecular weight is 238 g/mol. The van der Waals surface area contributed by atoms with Crippen molar-refractivity contribution >= 4 is 11.6 Å². The largest absolute Gasteiger partial charge is 0.380 e. The van der Waals surface area contributed by atoms with Crippen LogP contribution in [0.15, 0.2) is 30.6 Å². The minimum absolute atomic E-state index is 0.458. The van der Waals surface area contributed by atoms with Gasteiger partial charge >= 0.3 is 0 Å². The molecular formula is C11H12ClN3O. The lowest BCUT2D eigenvalue weighted by molar-refractivity contribution is 0.203. The topological polar surface area (TPSA) is 50.9 Å². The summed E-state index contributed by atoms with van der Waals surface area (Å²) >= 11 is 6.00. The lowest BCUT2D eigenvalue weighted by Gasteiger charge is -2.12. The van der Waals surface area contributed by atoms with Crippen LogP contribution in [0.2, 0.25) is 5.02 Å². The van der Waals surface area contributed by atoms with Gasteiger partial charge in [0.2, 0.25) is 0 Å². The molecule has 0 spiro atoms. The Morgan fingerprint density at radius 2 is 2.31 bits per heavy atom. The van der Waals surface area contributed by atoms with Gasteiger partial charge in [-0.15, -0.1) is 0 Å². The van der Waals surface area contributed by atoms with Crippen LogP contribution in [0.25, 0.3) is 0 Å². The summed E-state index contributed by atoms with van der Waals surface area (Å²) < 4.78 is 1.67. The maximum absolute atomic E-state index is 10.2. The minimum atomic E-state index is -0.837. The van der Waals surface area contributed by atoms with Crippen LogP contribution in [0.1, 0.15) is 24.4 Å². The van der Waals surface area contributed by atoms with Gasteiger partial charge in [-0.2, -0.15) is 5.10 Å².